The zero-order chi connectivity index (χ0) is 27.0. The molecule has 4 heterocycles. The monoisotopic (exact) mass is 529 g/mol. The Bertz CT molecular complexity index is 1450. The van der Waals surface area contributed by atoms with Gasteiger partial charge in [0.05, 0.1) is 23.5 Å². The summed E-state index contributed by atoms with van der Waals surface area (Å²) in [5, 5.41) is 13.9. The second kappa shape index (κ2) is 10.3. The summed E-state index contributed by atoms with van der Waals surface area (Å²) in [6, 6.07) is 5.30. The van der Waals surface area contributed by atoms with E-state index < -0.39 is 23.8 Å². The van der Waals surface area contributed by atoms with Gasteiger partial charge in [-0.3, -0.25) is 9.88 Å². The maximum atomic E-state index is 14.1. The number of aromatic nitrogens is 5. The van der Waals surface area contributed by atoms with Crippen LogP contribution in [0.15, 0.2) is 42.9 Å². The smallest absolute Gasteiger partial charge is 0.333 e. The van der Waals surface area contributed by atoms with Crippen LogP contribution in [0.5, 0.6) is 0 Å². The number of rotatable bonds is 7. The first kappa shape index (κ1) is 26.0. The summed E-state index contributed by atoms with van der Waals surface area (Å²) < 4.78 is 54.5. The molecular formula is C26H27F4N7O. The molecule has 1 aliphatic rings. The van der Waals surface area contributed by atoms with Crippen molar-refractivity contribution < 1.29 is 22.7 Å². The van der Waals surface area contributed by atoms with Crippen LogP contribution in [0.4, 0.5) is 23.4 Å². The lowest BCUT2D eigenvalue weighted by Gasteiger charge is -2.36. The SMILES string of the molecule is CC(C)(O)Cc1cc2nc(-c3cnn(C(F)F)c3)c(N3CCN(Cc4ccc(F)cc4F)CC3)nc2cn1. The number of hydrogen-bond donors (Lipinski definition) is 1. The van der Waals surface area contributed by atoms with Crippen molar-refractivity contribution in [1.29, 1.82) is 0 Å². The van der Waals surface area contributed by atoms with Gasteiger partial charge in [0.15, 0.2) is 5.82 Å². The van der Waals surface area contributed by atoms with Crippen molar-refractivity contribution in [2.75, 3.05) is 31.1 Å². The Morgan fingerprint density at radius 3 is 2.42 bits per heavy atom. The van der Waals surface area contributed by atoms with E-state index in [0.29, 0.717) is 83.2 Å². The summed E-state index contributed by atoms with van der Waals surface area (Å²) in [6.07, 6.45) is 4.46. The van der Waals surface area contributed by atoms with E-state index in [1.54, 1.807) is 26.1 Å². The van der Waals surface area contributed by atoms with Crippen LogP contribution in [0.25, 0.3) is 22.3 Å². The van der Waals surface area contributed by atoms with Crippen molar-refractivity contribution in [1.82, 2.24) is 29.6 Å². The van der Waals surface area contributed by atoms with E-state index >= 15 is 0 Å². The zero-order valence-electron chi connectivity index (χ0n) is 21.0. The summed E-state index contributed by atoms with van der Waals surface area (Å²) in [4.78, 5) is 18.0. The first-order chi connectivity index (χ1) is 18.1. The van der Waals surface area contributed by atoms with E-state index in [2.05, 4.69) is 15.0 Å². The summed E-state index contributed by atoms with van der Waals surface area (Å²) in [7, 11) is 0. The minimum atomic E-state index is -2.79. The van der Waals surface area contributed by atoms with E-state index in [-0.39, 0.29) is 0 Å². The van der Waals surface area contributed by atoms with Crippen molar-refractivity contribution in [2.24, 2.45) is 0 Å². The number of nitrogens with zero attached hydrogens (tertiary/aromatic N) is 7. The summed E-state index contributed by atoms with van der Waals surface area (Å²) in [5.41, 5.74) is 1.93. The highest BCUT2D eigenvalue weighted by atomic mass is 19.3. The van der Waals surface area contributed by atoms with Crippen LogP contribution < -0.4 is 4.90 Å². The number of fused-ring (bicyclic) bond motifs is 1. The molecule has 0 aliphatic carbocycles. The fraction of sp³-hybridized carbons (Fsp3) is 0.385. The van der Waals surface area contributed by atoms with Crippen molar-refractivity contribution in [3.8, 4) is 11.3 Å². The second-order valence-corrected chi connectivity index (χ2v) is 10.0. The first-order valence-corrected chi connectivity index (χ1v) is 12.2. The summed E-state index contributed by atoms with van der Waals surface area (Å²) in [5.74, 6) is -0.686. The third-order valence-corrected chi connectivity index (χ3v) is 6.36. The lowest BCUT2D eigenvalue weighted by atomic mass is 10.0. The molecule has 0 spiro atoms. The van der Waals surface area contributed by atoms with Crippen molar-refractivity contribution in [2.45, 2.75) is 39.0 Å². The Hall–Kier alpha value is -3.64. The van der Waals surface area contributed by atoms with E-state index in [4.69, 9.17) is 9.97 Å². The molecule has 0 saturated carbocycles. The minimum absolute atomic E-state index is 0.307. The number of alkyl halides is 2. The van der Waals surface area contributed by atoms with Gasteiger partial charge in [-0.15, -0.1) is 0 Å². The highest BCUT2D eigenvalue weighted by Crippen LogP contribution is 2.31. The molecule has 4 aromatic rings. The van der Waals surface area contributed by atoms with Gasteiger partial charge >= 0.3 is 6.55 Å². The predicted molar refractivity (Wildman–Crippen MR) is 134 cm³/mol. The number of benzene rings is 1. The van der Waals surface area contributed by atoms with Crippen LogP contribution in [0.3, 0.4) is 0 Å². The van der Waals surface area contributed by atoms with E-state index in [9.17, 15) is 22.7 Å². The number of halogens is 4. The first-order valence-electron chi connectivity index (χ1n) is 12.2. The molecule has 0 atom stereocenters. The highest BCUT2D eigenvalue weighted by molar-refractivity contribution is 5.83. The molecule has 1 aliphatic heterocycles. The predicted octanol–water partition coefficient (Wildman–Crippen LogP) is 4.20. The standard InChI is InChI=1S/C26H27F4N7O/c1-26(2,38)11-19-10-21-22(13-31-19)34-24(23(33-21)17-12-32-37(15-17)25(29)30)36-7-5-35(6-8-36)14-16-3-4-18(27)9-20(16)28/h3-4,9-10,12-13,15,25,38H,5-8,11,14H2,1-2H3. The molecule has 200 valence electrons. The highest BCUT2D eigenvalue weighted by Gasteiger charge is 2.25. The van der Waals surface area contributed by atoms with Crippen LogP contribution >= 0.6 is 0 Å². The third-order valence-electron chi connectivity index (χ3n) is 6.36. The van der Waals surface area contributed by atoms with Gasteiger partial charge in [-0.1, -0.05) is 6.07 Å². The van der Waals surface area contributed by atoms with Crippen LogP contribution in [0, 0.1) is 11.6 Å². The van der Waals surface area contributed by atoms with Crippen LogP contribution in [0.1, 0.15) is 31.7 Å². The molecule has 0 bridgehead atoms. The van der Waals surface area contributed by atoms with Crippen molar-refractivity contribution in [3.63, 3.8) is 0 Å². The van der Waals surface area contributed by atoms with Gasteiger partial charge in [-0.05, 0) is 26.0 Å². The molecule has 38 heavy (non-hydrogen) atoms. The summed E-state index contributed by atoms with van der Waals surface area (Å²) in [6.45, 7) is 3.13. The van der Waals surface area contributed by atoms with Crippen molar-refractivity contribution >= 4 is 16.9 Å². The Morgan fingerprint density at radius 2 is 1.76 bits per heavy atom. The Balaban J connectivity index is 1.44. The molecule has 1 fully saturated rings. The van der Waals surface area contributed by atoms with Gasteiger partial charge in [-0.2, -0.15) is 13.9 Å². The van der Waals surface area contributed by atoms with Gasteiger partial charge in [-0.25, -0.2) is 23.4 Å². The van der Waals surface area contributed by atoms with Crippen LogP contribution in [-0.2, 0) is 13.0 Å². The molecule has 1 aromatic carbocycles. The maximum absolute atomic E-state index is 14.1. The van der Waals surface area contributed by atoms with Crippen LogP contribution in [0.2, 0.25) is 0 Å². The second-order valence-electron chi connectivity index (χ2n) is 10.0. The third kappa shape index (κ3) is 5.76. The van der Waals surface area contributed by atoms with E-state index in [1.165, 1.54) is 24.5 Å². The lowest BCUT2D eigenvalue weighted by molar-refractivity contribution is 0.0566. The zero-order valence-corrected chi connectivity index (χ0v) is 21.0. The minimum Gasteiger partial charge on any atom is -0.390 e. The number of aliphatic hydroxyl groups is 1. The fourth-order valence-corrected chi connectivity index (χ4v) is 4.52. The van der Waals surface area contributed by atoms with E-state index in [1.807, 2.05) is 4.90 Å². The average Bonchev–Trinajstić information content (AvgIpc) is 3.35. The molecule has 0 unspecified atom stereocenters. The number of pyridine rings is 1. The largest absolute Gasteiger partial charge is 0.390 e. The molecule has 12 heteroatoms. The molecule has 0 radical (unpaired) electrons. The fourth-order valence-electron chi connectivity index (χ4n) is 4.52. The topological polar surface area (TPSA) is 83.2 Å². The molecule has 5 rings (SSSR count). The maximum Gasteiger partial charge on any atom is 0.333 e. The Morgan fingerprint density at radius 1 is 1.00 bits per heavy atom. The van der Waals surface area contributed by atoms with Gasteiger partial charge in [0, 0.05) is 68.2 Å². The van der Waals surface area contributed by atoms with Gasteiger partial charge in [0.25, 0.3) is 0 Å². The molecule has 1 saturated heterocycles. The molecule has 1 N–H and O–H groups in total. The Labute approximate surface area is 216 Å². The van der Waals surface area contributed by atoms with Gasteiger partial charge in [0.2, 0.25) is 0 Å². The average molecular weight is 530 g/mol. The number of piperazine rings is 1. The molecule has 0 amide bonds. The van der Waals surface area contributed by atoms with Crippen molar-refractivity contribution in [3.05, 3.63) is 65.7 Å². The lowest BCUT2D eigenvalue weighted by Crippen LogP contribution is -2.46. The molecular weight excluding hydrogens is 502 g/mol. The quantitative estimate of drug-likeness (QED) is 0.360. The number of hydrogen-bond acceptors (Lipinski definition) is 7. The normalized spacial score (nSPS) is 15.1. The van der Waals surface area contributed by atoms with Crippen LogP contribution in [-0.4, -0.2) is 66.5 Å². The van der Waals surface area contributed by atoms with E-state index in [0.717, 1.165) is 6.07 Å². The summed E-state index contributed by atoms with van der Waals surface area (Å²) >= 11 is 0. The number of anilines is 1. The molecule has 8 nitrogen and oxygen atoms in total. The Kier molecular flexibility index (Phi) is 7.01. The molecule has 3 aromatic heterocycles. The van der Waals surface area contributed by atoms with Gasteiger partial charge in [0.1, 0.15) is 22.8 Å². The van der Waals surface area contributed by atoms with Gasteiger partial charge < -0.3 is 10.0 Å².